The molecule has 0 aliphatic heterocycles. The van der Waals surface area contributed by atoms with Crippen LogP contribution < -0.4 is 0 Å². The van der Waals surface area contributed by atoms with Gasteiger partial charge in [0.2, 0.25) is 0 Å². The second-order valence-corrected chi connectivity index (χ2v) is 8.65. The van der Waals surface area contributed by atoms with Crippen molar-refractivity contribution in [3.63, 3.8) is 0 Å². The molecule has 0 amide bonds. The number of rotatable bonds is 7. The van der Waals surface area contributed by atoms with E-state index in [9.17, 15) is 24.9 Å². The molecule has 8 heteroatoms. The lowest BCUT2D eigenvalue weighted by Crippen LogP contribution is -2.51. The van der Waals surface area contributed by atoms with Crippen molar-refractivity contribution in [2.24, 2.45) is 35.5 Å². The van der Waals surface area contributed by atoms with Crippen LogP contribution in [0.25, 0.3) is 0 Å². The van der Waals surface area contributed by atoms with Crippen LogP contribution in [0.4, 0.5) is 0 Å². The highest BCUT2D eigenvalue weighted by molar-refractivity contribution is 5.73. The molecule has 0 aromatic rings. The Morgan fingerprint density at radius 2 is 1.45 bits per heavy atom. The van der Waals surface area contributed by atoms with Crippen molar-refractivity contribution in [2.75, 3.05) is 27.4 Å². The lowest BCUT2D eigenvalue weighted by Gasteiger charge is -2.42. The van der Waals surface area contributed by atoms with E-state index >= 15 is 0 Å². The number of carbonyl (C=O) groups is 2. The van der Waals surface area contributed by atoms with Crippen LogP contribution in [-0.2, 0) is 23.8 Å². The lowest BCUT2D eigenvalue weighted by molar-refractivity contribution is -0.166. The highest BCUT2D eigenvalue weighted by atomic mass is 16.5. The van der Waals surface area contributed by atoms with Crippen molar-refractivity contribution in [3.05, 3.63) is 0 Å². The summed E-state index contributed by atoms with van der Waals surface area (Å²) in [4.78, 5) is 24.3. The van der Waals surface area contributed by atoms with E-state index in [1.807, 2.05) is 13.8 Å². The topological polar surface area (TPSA) is 123 Å². The van der Waals surface area contributed by atoms with E-state index in [1.165, 1.54) is 14.2 Å². The summed E-state index contributed by atoms with van der Waals surface area (Å²) in [7, 11) is 2.65. The molecule has 3 unspecified atom stereocenters. The van der Waals surface area contributed by atoms with Crippen LogP contribution in [0, 0.1) is 35.5 Å². The molecular formula is C21H36O8. The predicted molar refractivity (Wildman–Crippen MR) is 104 cm³/mol. The second-order valence-electron chi connectivity index (χ2n) is 8.65. The number of aliphatic hydroxyl groups excluding tert-OH is 3. The van der Waals surface area contributed by atoms with Gasteiger partial charge in [-0.25, -0.2) is 0 Å². The third-order valence-corrected chi connectivity index (χ3v) is 6.78. The van der Waals surface area contributed by atoms with Crippen LogP contribution in [0.3, 0.4) is 0 Å². The first-order valence-corrected chi connectivity index (χ1v) is 10.5. The van der Waals surface area contributed by atoms with Gasteiger partial charge in [0.25, 0.3) is 0 Å². The van der Waals surface area contributed by atoms with Crippen molar-refractivity contribution in [3.8, 4) is 0 Å². The highest BCUT2D eigenvalue weighted by Gasteiger charge is 2.46. The number of hydrogen-bond acceptors (Lipinski definition) is 8. The Hall–Kier alpha value is -1.22. The van der Waals surface area contributed by atoms with E-state index < -0.39 is 42.0 Å². The molecule has 0 radical (unpaired) electrons. The summed E-state index contributed by atoms with van der Waals surface area (Å²) >= 11 is 0. The van der Waals surface area contributed by atoms with E-state index in [0.717, 1.165) is 0 Å². The van der Waals surface area contributed by atoms with Crippen molar-refractivity contribution in [1.82, 2.24) is 0 Å². The Kier molecular flexibility index (Phi) is 8.88. The van der Waals surface area contributed by atoms with Crippen LogP contribution in [0.15, 0.2) is 0 Å². The molecule has 2 fully saturated rings. The maximum absolute atomic E-state index is 12.1. The van der Waals surface area contributed by atoms with Crippen LogP contribution in [-0.4, -0.2) is 73.0 Å². The van der Waals surface area contributed by atoms with E-state index in [1.54, 1.807) is 0 Å². The zero-order valence-electron chi connectivity index (χ0n) is 17.8. The van der Waals surface area contributed by atoms with Gasteiger partial charge in [-0.3, -0.25) is 9.59 Å². The standard InChI is InChI=1S/C21H36O8/c1-5-13-15(21(26)28-4)8-12(18(23)19(13)24)9-29-10-16-14(20(25)27-3)6-11(2)7-17(16)22/h11-19,22-24H,5-10H2,1-4H3/t11-,12+,13+,14?,15?,16-,17+,18?,19-/m1/s1. The molecule has 2 aliphatic rings. The maximum Gasteiger partial charge on any atom is 0.309 e. The van der Waals surface area contributed by atoms with Crippen LogP contribution in [0.2, 0.25) is 0 Å². The average molecular weight is 417 g/mol. The zero-order valence-corrected chi connectivity index (χ0v) is 17.8. The molecule has 2 saturated carbocycles. The van der Waals surface area contributed by atoms with Crippen molar-refractivity contribution >= 4 is 11.9 Å². The summed E-state index contributed by atoms with van der Waals surface area (Å²) in [5.41, 5.74) is 0. The van der Waals surface area contributed by atoms with Gasteiger partial charge in [-0.1, -0.05) is 13.8 Å². The monoisotopic (exact) mass is 416 g/mol. The molecule has 8 nitrogen and oxygen atoms in total. The van der Waals surface area contributed by atoms with Crippen LogP contribution in [0.1, 0.15) is 39.5 Å². The van der Waals surface area contributed by atoms with Gasteiger partial charge in [0.05, 0.1) is 57.6 Å². The first kappa shape index (κ1) is 24.1. The number of hydrogen-bond donors (Lipinski definition) is 3. The minimum absolute atomic E-state index is 0.120. The maximum atomic E-state index is 12.1. The normalized spacial score (nSPS) is 40.3. The molecule has 2 aliphatic carbocycles. The lowest BCUT2D eigenvalue weighted by atomic mass is 9.69. The SMILES string of the molecule is CC[C@H]1C(C(=O)OC)C[C@@H](COC[C@@H]2C(C(=O)OC)C[C@@H](C)C[C@@H]2O)C(O)[C@@H]1O. The van der Waals surface area contributed by atoms with Crippen LogP contribution in [0.5, 0.6) is 0 Å². The molecule has 0 heterocycles. The van der Waals surface area contributed by atoms with E-state index in [-0.39, 0.29) is 36.9 Å². The molecule has 168 valence electrons. The molecule has 2 rings (SSSR count). The average Bonchev–Trinajstić information content (AvgIpc) is 2.70. The smallest absolute Gasteiger partial charge is 0.309 e. The summed E-state index contributed by atoms with van der Waals surface area (Å²) < 4.78 is 15.6. The first-order chi connectivity index (χ1) is 13.7. The van der Waals surface area contributed by atoms with Gasteiger partial charge in [0, 0.05) is 17.8 Å². The Morgan fingerprint density at radius 1 is 0.862 bits per heavy atom. The van der Waals surface area contributed by atoms with Gasteiger partial charge in [-0.15, -0.1) is 0 Å². The van der Waals surface area contributed by atoms with Gasteiger partial charge in [-0.2, -0.15) is 0 Å². The number of esters is 2. The van der Waals surface area contributed by atoms with Crippen molar-refractivity contribution in [2.45, 2.75) is 57.8 Å². The molecule has 3 N–H and O–H groups in total. The minimum Gasteiger partial charge on any atom is -0.469 e. The van der Waals surface area contributed by atoms with Crippen LogP contribution >= 0.6 is 0 Å². The van der Waals surface area contributed by atoms with E-state index in [4.69, 9.17) is 14.2 Å². The molecular weight excluding hydrogens is 380 g/mol. The van der Waals surface area contributed by atoms with Gasteiger partial charge in [0.1, 0.15) is 0 Å². The van der Waals surface area contributed by atoms with Crippen molar-refractivity contribution < 1.29 is 39.1 Å². The first-order valence-electron chi connectivity index (χ1n) is 10.5. The molecule has 9 atom stereocenters. The Bertz CT molecular complexity index is 553. The summed E-state index contributed by atoms with van der Waals surface area (Å²) in [5, 5.41) is 31.4. The molecule has 0 saturated heterocycles. The molecule has 0 aromatic carbocycles. The fraction of sp³-hybridized carbons (Fsp3) is 0.905. The van der Waals surface area contributed by atoms with Crippen molar-refractivity contribution in [1.29, 1.82) is 0 Å². The van der Waals surface area contributed by atoms with Gasteiger partial charge in [0.15, 0.2) is 0 Å². The third-order valence-electron chi connectivity index (χ3n) is 6.78. The second kappa shape index (κ2) is 10.7. The Morgan fingerprint density at radius 3 is 2.00 bits per heavy atom. The molecule has 29 heavy (non-hydrogen) atoms. The predicted octanol–water partition coefficient (Wildman–Crippen LogP) is 0.756. The molecule has 0 spiro atoms. The largest absolute Gasteiger partial charge is 0.469 e. The number of aliphatic hydroxyl groups is 3. The summed E-state index contributed by atoms with van der Waals surface area (Å²) in [5.74, 6) is -2.65. The van der Waals surface area contributed by atoms with Gasteiger partial charge >= 0.3 is 11.9 Å². The number of ether oxygens (including phenoxy) is 3. The molecule has 0 bridgehead atoms. The quantitative estimate of drug-likeness (QED) is 0.520. The Labute approximate surface area is 172 Å². The number of carbonyl (C=O) groups excluding carboxylic acids is 2. The summed E-state index contributed by atoms with van der Waals surface area (Å²) in [6.45, 7) is 4.13. The van der Waals surface area contributed by atoms with Gasteiger partial charge < -0.3 is 29.5 Å². The third kappa shape index (κ3) is 5.48. The highest BCUT2D eigenvalue weighted by Crippen LogP contribution is 2.38. The summed E-state index contributed by atoms with van der Waals surface area (Å²) in [6.07, 6.45) is -0.576. The fourth-order valence-electron chi connectivity index (χ4n) is 5.09. The molecule has 0 aromatic heterocycles. The van der Waals surface area contributed by atoms with E-state index in [0.29, 0.717) is 25.7 Å². The summed E-state index contributed by atoms with van der Waals surface area (Å²) in [6, 6.07) is 0. The zero-order chi connectivity index (χ0) is 21.7. The number of methoxy groups -OCH3 is 2. The van der Waals surface area contributed by atoms with E-state index in [2.05, 4.69) is 0 Å². The van der Waals surface area contributed by atoms with Gasteiger partial charge in [-0.05, 0) is 31.6 Å². The fourth-order valence-corrected chi connectivity index (χ4v) is 5.09. The minimum atomic E-state index is -1.03. The Balaban J connectivity index is 2.00.